The Hall–Kier alpha value is -4.00. The fourth-order valence-electron chi connectivity index (χ4n) is 3.14. The molecule has 0 saturated heterocycles. The van der Waals surface area contributed by atoms with Gasteiger partial charge in [-0.25, -0.2) is 9.97 Å². The molecule has 0 unspecified atom stereocenters. The van der Waals surface area contributed by atoms with Crippen LogP contribution in [0.5, 0.6) is 0 Å². The van der Waals surface area contributed by atoms with Crippen molar-refractivity contribution in [2.24, 2.45) is 7.05 Å². The van der Waals surface area contributed by atoms with Gasteiger partial charge in [0.05, 0.1) is 6.20 Å². The second-order valence-electron chi connectivity index (χ2n) is 6.52. The first-order valence-corrected chi connectivity index (χ1v) is 8.69. The van der Waals surface area contributed by atoms with E-state index in [1.54, 1.807) is 29.1 Å². The Morgan fingerprint density at radius 3 is 2.79 bits per heavy atom. The van der Waals surface area contributed by atoms with Crippen LogP contribution in [0.2, 0.25) is 0 Å². The van der Waals surface area contributed by atoms with Crippen LogP contribution in [0, 0.1) is 0 Å². The first-order chi connectivity index (χ1) is 13.7. The molecule has 3 aromatic heterocycles. The molecule has 0 fully saturated rings. The SMILES string of the molecule is Cn1cc(-c2ccc3cnc(NC(=O)c4ccc5ncoc5c4)cc3c2)cn1. The highest BCUT2D eigenvalue weighted by Gasteiger charge is 2.10. The van der Waals surface area contributed by atoms with E-state index in [0.717, 1.165) is 21.9 Å². The molecular formula is C21H15N5O2. The predicted octanol–water partition coefficient (Wildman–Crippen LogP) is 4.03. The Balaban J connectivity index is 1.45. The average Bonchev–Trinajstić information content (AvgIpc) is 3.35. The molecule has 0 spiro atoms. The summed E-state index contributed by atoms with van der Waals surface area (Å²) in [5.41, 5.74) is 3.85. The van der Waals surface area contributed by atoms with Crippen molar-refractivity contribution < 1.29 is 9.21 Å². The summed E-state index contributed by atoms with van der Waals surface area (Å²) < 4.78 is 7.03. The molecule has 0 bridgehead atoms. The van der Waals surface area contributed by atoms with Crippen molar-refractivity contribution >= 4 is 33.6 Å². The summed E-state index contributed by atoms with van der Waals surface area (Å²) in [5, 5.41) is 9.04. The fraction of sp³-hybridized carbons (Fsp3) is 0.0476. The molecule has 0 aliphatic rings. The minimum Gasteiger partial charge on any atom is -0.443 e. The van der Waals surface area contributed by atoms with Gasteiger partial charge in [-0.05, 0) is 41.3 Å². The van der Waals surface area contributed by atoms with Gasteiger partial charge in [-0.3, -0.25) is 9.48 Å². The summed E-state index contributed by atoms with van der Waals surface area (Å²) in [6.45, 7) is 0. The number of hydrogen-bond donors (Lipinski definition) is 1. The van der Waals surface area contributed by atoms with Crippen molar-refractivity contribution in [3.63, 3.8) is 0 Å². The van der Waals surface area contributed by atoms with Crippen molar-refractivity contribution in [3.8, 4) is 11.1 Å². The number of rotatable bonds is 3. The summed E-state index contributed by atoms with van der Waals surface area (Å²) in [6, 6.07) is 13.1. The van der Waals surface area contributed by atoms with Crippen LogP contribution in [0.4, 0.5) is 5.82 Å². The highest BCUT2D eigenvalue weighted by atomic mass is 16.3. The number of nitrogens with one attached hydrogen (secondary N) is 1. The molecular weight excluding hydrogens is 354 g/mol. The van der Waals surface area contributed by atoms with Gasteiger partial charge in [0.2, 0.25) is 0 Å². The summed E-state index contributed by atoms with van der Waals surface area (Å²) >= 11 is 0. The smallest absolute Gasteiger partial charge is 0.256 e. The molecule has 1 N–H and O–H groups in total. The molecule has 5 aromatic rings. The number of aryl methyl sites for hydroxylation is 1. The van der Waals surface area contributed by atoms with E-state index < -0.39 is 0 Å². The monoisotopic (exact) mass is 369 g/mol. The Kier molecular flexibility index (Phi) is 3.65. The van der Waals surface area contributed by atoms with Crippen LogP contribution in [0.1, 0.15) is 10.4 Å². The molecule has 28 heavy (non-hydrogen) atoms. The average molecular weight is 369 g/mol. The first-order valence-electron chi connectivity index (χ1n) is 8.69. The normalized spacial score (nSPS) is 11.2. The van der Waals surface area contributed by atoms with E-state index >= 15 is 0 Å². The van der Waals surface area contributed by atoms with Crippen molar-refractivity contribution in [3.05, 3.63) is 73.0 Å². The molecule has 0 aliphatic heterocycles. The molecule has 2 aromatic carbocycles. The fourth-order valence-corrected chi connectivity index (χ4v) is 3.14. The van der Waals surface area contributed by atoms with E-state index in [0.29, 0.717) is 22.5 Å². The number of oxazole rings is 1. The number of anilines is 1. The molecule has 7 heteroatoms. The Bertz CT molecular complexity index is 1340. The summed E-state index contributed by atoms with van der Waals surface area (Å²) in [4.78, 5) is 21.0. The van der Waals surface area contributed by atoms with E-state index in [2.05, 4.69) is 26.4 Å². The van der Waals surface area contributed by atoms with Crippen molar-refractivity contribution in [2.75, 3.05) is 5.32 Å². The van der Waals surface area contributed by atoms with Gasteiger partial charge in [0.15, 0.2) is 12.0 Å². The van der Waals surface area contributed by atoms with Gasteiger partial charge in [-0.15, -0.1) is 0 Å². The third-order valence-corrected chi connectivity index (χ3v) is 4.59. The largest absolute Gasteiger partial charge is 0.443 e. The number of nitrogens with zero attached hydrogens (tertiary/aromatic N) is 4. The summed E-state index contributed by atoms with van der Waals surface area (Å²) in [6.07, 6.45) is 6.89. The molecule has 1 amide bonds. The number of carbonyl (C=O) groups is 1. The van der Waals surface area contributed by atoms with Crippen LogP contribution in [0.3, 0.4) is 0 Å². The zero-order chi connectivity index (χ0) is 19.1. The zero-order valence-electron chi connectivity index (χ0n) is 15.0. The molecule has 0 radical (unpaired) electrons. The third kappa shape index (κ3) is 2.88. The van der Waals surface area contributed by atoms with E-state index in [1.165, 1.54) is 6.39 Å². The topological polar surface area (TPSA) is 85.8 Å². The number of fused-ring (bicyclic) bond motifs is 2. The molecule has 0 saturated carbocycles. The lowest BCUT2D eigenvalue weighted by molar-refractivity contribution is 0.102. The number of amides is 1. The van der Waals surface area contributed by atoms with Crippen molar-refractivity contribution in [1.29, 1.82) is 0 Å². The number of aromatic nitrogens is 4. The Labute approximate surface area is 159 Å². The van der Waals surface area contributed by atoms with E-state index in [1.807, 2.05) is 37.6 Å². The van der Waals surface area contributed by atoms with Crippen LogP contribution in [0.15, 0.2) is 71.9 Å². The molecule has 7 nitrogen and oxygen atoms in total. The van der Waals surface area contributed by atoms with Crippen molar-refractivity contribution in [2.45, 2.75) is 0 Å². The van der Waals surface area contributed by atoms with E-state index in [4.69, 9.17) is 4.42 Å². The van der Waals surface area contributed by atoms with Crippen molar-refractivity contribution in [1.82, 2.24) is 19.7 Å². The number of pyridine rings is 1. The third-order valence-electron chi connectivity index (χ3n) is 4.59. The number of hydrogen-bond acceptors (Lipinski definition) is 5. The van der Waals surface area contributed by atoms with Crippen LogP contribution < -0.4 is 5.32 Å². The summed E-state index contributed by atoms with van der Waals surface area (Å²) in [7, 11) is 1.89. The number of benzene rings is 2. The van der Waals surface area contributed by atoms with Gasteiger partial charge in [-0.2, -0.15) is 5.10 Å². The first kappa shape index (κ1) is 16.2. The van der Waals surface area contributed by atoms with Gasteiger partial charge in [0.1, 0.15) is 11.3 Å². The Morgan fingerprint density at radius 1 is 1.00 bits per heavy atom. The maximum Gasteiger partial charge on any atom is 0.256 e. The minimum atomic E-state index is -0.256. The quantitative estimate of drug-likeness (QED) is 0.519. The molecule has 0 aliphatic carbocycles. The van der Waals surface area contributed by atoms with Gasteiger partial charge < -0.3 is 9.73 Å². The van der Waals surface area contributed by atoms with Gasteiger partial charge in [0.25, 0.3) is 5.91 Å². The molecule has 3 heterocycles. The van der Waals surface area contributed by atoms with E-state index in [9.17, 15) is 4.79 Å². The van der Waals surface area contributed by atoms with E-state index in [-0.39, 0.29) is 5.91 Å². The minimum absolute atomic E-state index is 0.256. The van der Waals surface area contributed by atoms with Gasteiger partial charge >= 0.3 is 0 Å². The Morgan fingerprint density at radius 2 is 1.93 bits per heavy atom. The lowest BCUT2D eigenvalue weighted by Crippen LogP contribution is -2.12. The predicted molar refractivity (Wildman–Crippen MR) is 106 cm³/mol. The lowest BCUT2D eigenvalue weighted by Gasteiger charge is -2.07. The number of carbonyl (C=O) groups excluding carboxylic acids is 1. The highest BCUT2D eigenvalue weighted by molar-refractivity contribution is 6.06. The van der Waals surface area contributed by atoms with Crippen LogP contribution >= 0.6 is 0 Å². The van der Waals surface area contributed by atoms with Gasteiger partial charge in [0, 0.05) is 36.0 Å². The second-order valence-corrected chi connectivity index (χ2v) is 6.52. The maximum absolute atomic E-state index is 12.6. The van der Waals surface area contributed by atoms with Crippen LogP contribution in [-0.4, -0.2) is 25.7 Å². The van der Waals surface area contributed by atoms with Crippen LogP contribution in [0.25, 0.3) is 33.0 Å². The highest BCUT2D eigenvalue weighted by Crippen LogP contribution is 2.25. The second kappa shape index (κ2) is 6.31. The van der Waals surface area contributed by atoms with Gasteiger partial charge in [-0.1, -0.05) is 12.1 Å². The van der Waals surface area contributed by atoms with Crippen LogP contribution in [-0.2, 0) is 7.05 Å². The molecule has 5 rings (SSSR count). The standard InChI is InChI=1S/C21H15N5O2/c1-26-11-17(10-24-26)13-2-3-15-9-22-20(8-16(15)6-13)25-21(27)14-4-5-18-19(7-14)28-12-23-18/h2-12H,1H3,(H,22,25,27). The summed E-state index contributed by atoms with van der Waals surface area (Å²) in [5.74, 6) is 0.229. The molecule has 136 valence electrons. The maximum atomic E-state index is 12.6. The zero-order valence-corrected chi connectivity index (χ0v) is 15.0. The lowest BCUT2D eigenvalue weighted by atomic mass is 10.1. The molecule has 0 atom stereocenters.